The van der Waals surface area contributed by atoms with E-state index in [2.05, 4.69) is 15.3 Å². The lowest BCUT2D eigenvalue weighted by atomic mass is 10.1. The molecule has 0 spiro atoms. The van der Waals surface area contributed by atoms with Gasteiger partial charge in [0.15, 0.2) is 5.82 Å². The summed E-state index contributed by atoms with van der Waals surface area (Å²) >= 11 is 0. The zero-order chi connectivity index (χ0) is 14.2. The predicted molar refractivity (Wildman–Crippen MR) is 75.2 cm³/mol. The highest BCUT2D eigenvalue weighted by molar-refractivity contribution is 7.91. The minimum absolute atomic E-state index is 0.0979. The molecular formula is C13H15N3O3S. The van der Waals surface area contributed by atoms with Gasteiger partial charge in [-0.1, -0.05) is 12.1 Å². The third kappa shape index (κ3) is 2.67. The number of rotatable bonds is 2. The maximum absolute atomic E-state index is 12.1. The van der Waals surface area contributed by atoms with Gasteiger partial charge in [0.05, 0.1) is 22.5 Å². The summed E-state index contributed by atoms with van der Waals surface area (Å²) in [6.07, 6.45) is 0.933. The molecule has 6 nitrogen and oxygen atoms in total. The number of hydrogen-bond donors (Lipinski definition) is 2. The maximum atomic E-state index is 12.1. The van der Waals surface area contributed by atoms with Crippen LogP contribution in [0.4, 0.5) is 0 Å². The Hall–Kier alpha value is -1.89. The second-order valence-electron chi connectivity index (χ2n) is 5.00. The van der Waals surface area contributed by atoms with Crippen molar-refractivity contribution in [3.63, 3.8) is 0 Å². The summed E-state index contributed by atoms with van der Waals surface area (Å²) < 4.78 is 22.7. The second kappa shape index (κ2) is 4.90. The number of carbonyl (C=O) groups is 1. The Labute approximate surface area is 116 Å². The molecule has 0 unspecified atom stereocenters. The van der Waals surface area contributed by atoms with E-state index >= 15 is 0 Å². The smallest absolute Gasteiger partial charge is 0.287 e. The van der Waals surface area contributed by atoms with Crippen molar-refractivity contribution in [3.05, 3.63) is 30.1 Å². The molecule has 1 aromatic heterocycles. The minimum Gasteiger partial charge on any atom is -0.347 e. The molecule has 1 aliphatic heterocycles. The number of H-pyrrole nitrogens is 1. The van der Waals surface area contributed by atoms with Gasteiger partial charge in [-0.25, -0.2) is 13.4 Å². The highest BCUT2D eigenvalue weighted by Gasteiger charge is 2.25. The van der Waals surface area contributed by atoms with E-state index in [9.17, 15) is 13.2 Å². The normalized spacial score (nSPS) is 19.0. The van der Waals surface area contributed by atoms with Gasteiger partial charge in [0.1, 0.15) is 9.84 Å². The van der Waals surface area contributed by atoms with Crippen LogP contribution >= 0.6 is 0 Å². The van der Waals surface area contributed by atoms with Crippen molar-refractivity contribution in [1.29, 1.82) is 0 Å². The van der Waals surface area contributed by atoms with Crippen molar-refractivity contribution in [1.82, 2.24) is 15.3 Å². The monoisotopic (exact) mass is 293 g/mol. The molecule has 1 fully saturated rings. The molecule has 0 atom stereocenters. The van der Waals surface area contributed by atoms with E-state index in [4.69, 9.17) is 0 Å². The molecule has 0 radical (unpaired) electrons. The van der Waals surface area contributed by atoms with Gasteiger partial charge < -0.3 is 10.3 Å². The van der Waals surface area contributed by atoms with E-state index in [0.717, 1.165) is 11.0 Å². The van der Waals surface area contributed by atoms with Gasteiger partial charge in [-0.15, -0.1) is 0 Å². The van der Waals surface area contributed by atoms with Gasteiger partial charge in [0.2, 0.25) is 0 Å². The number of hydrogen-bond acceptors (Lipinski definition) is 4. The van der Waals surface area contributed by atoms with E-state index in [1.54, 1.807) is 0 Å². The summed E-state index contributed by atoms with van der Waals surface area (Å²) in [5, 5.41) is 2.84. The average molecular weight is 293 g/mol. The van der Waals surface area contributed by atoms with Gasteiger partial charge >= 0.3 is 0 Å². The van der Waals surface area contributed by atoms with Crippen LogP contribution < -0.4 is 5.32 Å². The molecule has 7 heteroatoms. The largest absolute Gasteiger partial charge is 0.347 e. The Morgan fingerprint density at radius 2 is 1.95 bits per heavy atom. The molecule has 0 aliphatic carbocycles. The number of nitrogens with zero attached hydrogens (tertiary/aromatic N) is 1. The molecule has 20 heavy (non-hydrogen) atoms. The first kappa shape index (κ1) is 13.1. The van der Waals surface area contributed by atoms with E-state index in [0.29, 0.717) is 12.8 Å². The standard InChI is InChI=1S/C13H15N3O3S/c17-13(14-9-5-7-20(18,19)8-6-9)12-15-10-3-1-2-4-11(10)16-12/h1-4,9H,5-8H2,(H,14,17)(H,15,16). The molecule has 1 aromatic carbocycles. The lowest BCUT2D eigenvalue weighted by Crippen LogP contribution is -2.41. The summed E-state index contributed by atoms with van der Waals surface area (Å²) in [7, 11) is -2.91. The van der Waals surface area contributed by atoms with E-state index < -0.39 is 9.84 Å². The van der Waals surface area contributed by atoms with Gasteiger partial charge in [0.25, 0.3) is 5.91 Å². The van der Waals surface area contributed by atoms with Crippen molar-refractivity contribution in [2.45, 2.75) is 18.9 Å². The summed E-state index contributed by atoms with van der Waals surface area (Å²) in [6, 6.07) is 7.31. The first-order chi connectivity index (χ1) is 9.53. The van der Waals surface area contributed by atoms with Gasteiger partial charge in [-0.2, -0.15) is 0 Å². The summed E-state index contributed by atoms with van der Waals surface area (Å²) in [4.78, 5) is 19.3. The first-order valence-electron chi connectivity index (χ1n) is 6.49. The Morgan fingerprint density at radius 1 is 1.25 bits per heavy atom. The average Bonchev–Trinajstić information content (AvgIpc) is 2.85. The molecule has 2 heterocycles. The number of aromatic amines is 1. The third-order valence-electron chi connectivity index (χ3n) is 3.49. The van der Waals surface area contributed by atoms with E-state index in [-0.39, 0.29) is 29.3 Å². The molecule has 1 aliphatic rings. The fraction of sp³-hybridized carbons (Fsp3) is 0.385. The van der Waals surface area contributed by atoms with Crippen LogP contribution in [0, 0.1) is 0 Å². The van der Waals surface area contributed by atoms with Crippen LogP contribution in [-0.4, -0.2) is 41.8 Å². The van der Waals surface area contributed by atoms with Gasteiger partial charge in [-0.3, -0.25) is 4.79 Å². The number of amides is 1. The minimum atomic E-state index is -2.91. The van der Waals surface area contributed by atoms with Crippen LogP contribution in [0.15, 0.2) is 24.3 Å². The summed E-state index contributed by atoms with van der Waals surface area (Å²) in [5.41, 5.74) is 1.55. The van der Waals surface area contributed by atoms with Crippen LogP contribution in [0.3, 0.4) is 0 Å². The fourth-order valence-electron chi connectivity index (χ4n) is 2.35. The first-order valence-corrected chi connectivity index (χ1v) is 8.32. The Kier molecular flexibility index (Phi) is 3.21. The van der Waals surface area contributed by atoms with Crippen molar-refractivity contribution in [3.8, 4) is 0 Å². The Bertz CT molecular complexity index is 704. The summed E-state index contributed by atoms with van der Waals surface area (Å²) in [6.45, 7) is 0. The van der Waals surface area contributed by atoms with Crippen LogP contribution in [0.25, 0.3) is 11.0 Å². The lowest BCUT2D eigenvalue weighted by Gasteiger charge is -2.22. The van der Waals surface area contributed by atoms with Crippen LogP contribution in [-0.2, 0) is 9.84 Å². The van der Waals surface area contributed by atoms with Crippen LogP contribution in [0.2, 0.25) is 0 Å². The lowest BCUT2D eigenvalue weighted by molar-refractivity contribution is 0.0925. The number of nitrogens with one attached hydrogen (secondary N) is 2. The molecule has 2 aromatic rings. The van der Waals surface area contributed by atoms with Crippen molar-refractivity contribution in [2.24, 2.45) is 0 Å². The molecule has 3 rings (SSSR count). The highest BCUT2D eigenvalue weighted by atomic mass is 32.2. The molecule has 1 amide bonds. The molecular weight excluding hydrogens is 278 g/mol. The second-order valence-corrected chi connectivity index (χ2v) is 7.31. The Balaban J connectivity index is 1.70. The number of aromatic nitrogens is 2. The SMILES string of the molecule is O=C(NC1CCS(=O)(=O)CC1)c1nc2ccccc2[nH]1. The maximum Gasteiger partial charge on any atom is 0.287 e. The van der Waals surface area contributed by atoms with E-state index in [1.165, 1.54) is 0 Å². The quantitative estimate of drug-likeness (QED) is 0.859. The van der Waals surface area contributed by atoms with Crippen molar-refractivity contribution >= 4 is 26.8 Å². The van der Waals surface area contributed by atoms with E-state index in [1.807, 2.05) is 24.3 Å². The molecule has 0 bridgehead atoms. The molecule has 0 saturated carbocycles. The number of imidazole rings is 1. The number of para-hydroxylation sites is 2. The van der Waals surface area contributed by atoms with Gasteiger partial charge in [0, 0.05) is 6.04 Å². The van der Waals surface area contributed by atoms with Crippen LogP contribution in [0.1, 0.15) is 23.5 Å². The third-order valence-corrected chi connectivity index (χ3v) is 5.21. The predicted octanol–water partition coefficient (Wildman–Crippen LogP) is 0.870. The number of sulfone groups is 1. The Morgan fingerprint density at radius 3 is 2.65 bits per heavy atom. The number of fused-ring (bicyclic) bond motifs is 1. The number of carbonyl (C=O) groups excluding carboxylic acids is 1. The number of benzene rings is 1. The van der Waals surface area contributed by atoms with Gasteiger partial charge in [-0.05, 0) is 25.0 Å². The topological polar surface area (TPSA) is 91.9 Å². The summed E-state index contributed by atoms with van der Waals surface area (Å²) in [5.74, 6) is 0.251. The van der Waals surface area contributed by atoms with Crippen molar-refractivity contribution in [2.75, 3.05) is 11.5 Å². The van der Waals surface area contributed by atoms with Crippen molar-refractivity contribution < 1.29 is 13.2 Å². The highest BCUT2D eigenvalue weighted by Crippen LogP contribution is 2.14. The van der Waals surface area contributed by atoms with Crippen LogP contribution in [0.5, 0.6) is 0 Å². The zero-order valence-electron chi connectivity index (χ0n) is 10.8. The molecule has 1 saturated heterocycles. The fourth-order valence-corrected chi connectivity index (χ4v) is 3.84. The zero-order valence-corrected chi connectivity index (χ0v) is 11.6. The molecule has 106 valence electrons. The molecule has 2 N–H and O–H groups in total.